The molecule has 6 nitrogen and oxygen atoms in total. The van der Waals surface area contributed by atoms with Crippen molar-refractivity contribution in [3.63, 3.8) is 0 Å². The molecule has 2 aromatic carbocycles. The van der Waals surface area contributed by atoms with E-state index in [0.717, 1.165) is 20.5 Å². The van der Waals surface area contributed by atoms with Crippen LogP contribution in [0.2, 0.25) is 0 Å². The molecule has 9 heteroatoms. The lowest BCUT2D eigenvalue weighted by atomic mass is 10.2. The van der Waals surface area contributed by atoms with Crippen LogP contribution in [0.15, 0.2) is 62.6 Å². The Hall–Kier alpha value is -1.97. The number of Topliss-reactive ketones (excluding diaryl/α,β-unsaturated/α-hetero) is 1. The van der Waals surface area contributed by atoms with Gasteiger partial charge in [0.15, 0.2) is 10.9 Å². The summed E-state index contributed by atoms with van der Waals surface area (Å²) in [6, 6.07) is 15.1. The Morgan fingerprint density at radius 1 is 1.00 bits per heavy atom. The number of ketones is 1. The van der Waals surface area contributed by atoms with Crippen molar-refractivity contribution in [2.75, 3.05) is 12.3 Å². The molecule has 0 aliphatic heterocycles. The number of nitrogens with one attached hydrogen (secondary N) is 1. The maximum absolute atomic E-state index is 12.5. The topological polar surface area (TPSA) is 76.9 Å². The lowest BCUT2D eigenvalue weighted by Gasteiger charge is -2.10. The van der Waals surface area contributed by atoms with E-state index >= 15 is 0 Å². The summed E-state index contributed by atoms with van der Waals surface area (Å²) in [5, 5.41) is 12.0. The molecule has 0 aliphatic carbocycles. The van der Waals surface area contributed by atoms with E-state index in [0.29, 0.717) is 23.7 Å². The van der Waals surface area contributed by atoms with Crippen molar-refractivity contribution in [2.45, 2.75) is 18.5 Å². The van der Waals surface area contributed by atoms with Crippen LogP contribution in [0.5, 0.6) is 0 Å². The van der Waals surface area contributed by atoms with Crippen LogP contribution in [0.4, 0.5) is 0 Å². The predicted octanol–water partition coefficient (Wildman–Crippen LogP) is 4.45. The van der Waals surface area contributed by atoms with Gasteiger partial charge in [-0.15, -0.1) is 10.2 Å². The Bertz CT molecular complexity index is 1000. The molecule has 0 atom stereocenters. The van der Waals surface area contributed by atoms with Crippen LogP contribution < -0.4 is 5.32 Å². The van der Waals surface area contributed by atoms with Gasteiger partial charge >= 0.3 is 0 Å². The predicted molar refractivity (Wildman–Crippen MR) is 121 cm³/mol. The molecule has 3 aromatic rings. The highest BCUT2D eigenvalue weighted by atomic mass is 79.9. The van der Waals surface area contributed by atoms with E-state index in [-0.39, 0.29) is 17.4 Å². The number of hydrogen-bond acceptors (Lipinski definition) is 5. The van der Waals surface area contributed by atoms with E-state index in [1.165, 1.54) is 18.7 Å². The molecular formula is C20H18Br2N4O2S. The van der Waals surface area contributed by atoms with Gasteiger partial charge in [0.05, 0.1) is 5.75 Å². The minimum Gasteiger partial charge on any atom is -0.356 e. The number of carbonyl (C=O) groups excluding carboxylic acids is 2. The number of carbonyl (C=O) groups is 2. The molecule has 3 rings (SSSR count). The second-order valence-electron chi connectivity index (χ2n) is 6.16. The lowest BCUT2D eigenvalue weighted by molar-refractivity contribution is -0.118. The van der Waals surface area contributed by atoms with Gasteiger partial charge in [-0.3, -0.25) is 14.2 Å². The molecule has 150 valence electrons. The van der Waals surface area contributed by atoms with Crippen molar-refractivity contribution >= 4 is 55.3 Å². The summed E-state index contributed by atoms with van der Waals surface area (Å²) >= 11 is 8.16. The average molecular weight is 538 g/mol. The molecule has 29 heavy (non-hydrogen) atoms. The largest absolute Gasteiger partial charge is 0.356 e. The standard InChI is InChI=1S/C20H18Br2N4O2S/c1-13(27)23-11-10-19-24-25-20(26(19)17-8-6-16(22)7-9-17)29-12-18(28)14-2-4-15(21)5-3-14/h2-9H,10-12H2,1H3,(H,23,27). The summed E-state index contributed by atoms with van der Waals surface area (Å²) in [4.78, 5) is 23.7. The number of rotatable bonds is 8. The highest BCUT2D eigenvalue weighted by Gasteiger charge is 2.16. The second kappa shape index (κ2) is 10.2. The van der Waals surface area contributed by atoms with E-state index in [1.54, 1.807) is 12.1 Å². The van der Waals surface area contributed by atoms with Crippen molar-refractivity contribution in [3.8, 4) is 5.69 Å². The fraction of sp³-hybridized carbons (Fsp3) is 0.200. The molecule has 0 aliphatic rings. The molecule has 1 amide bonds. The van der Waals surface area contributed by atoms with E-state index < -0.39 is 0 Å². The third kappa shape index (κ3) is 6.01. The van der Waals surface area contributed by atoms with Crippen LogP contribution in [-0.4, -0.2) is 38.8 Å². The number of halogens is 2. The molecule has 0 unspecified atom stereocenters. The number of hydrogen-bond donors (Lipinski definition) is 1. The van der Waals surface area contributed by atoms with Crippen LogP contribution >= 0.6 is 43.6 Å². The van der Waals surface area contributed by atoms with Gasteiger partial charge in [-0.2, -0.15) is 0 Å². The van der Waals surface area contributed by atoms with Crippen LogP contribution in [-0.2, 0) is 11.2 Å². The molecular weight excluding hydrogens is 520 g/mol. The SMILES string of the molecule is CC(=O)NCCc1nnc(SCC(=O)c2ccc(Br)cc2)n1-c1ccc(Br)cc1. The van der Waals surface area contributed by atoms with Crippen LogP contribution in [0.3, 0.4) is 0 Å². The molecule has 0 fully saturated rings. The molecule has 0 saturated heterocycles. The maximum atomic E-state index is 12.5. The van der Waals surface area contributed by atoms with Gasteiger partial charge in [0.25, 0.3) is 0 Å². The lowest BCUT2D eigenvalue weighted by Crippen LogP contribution is -2.23. The number of nitrogens with zero attached hydrogens (tertiary/aromatic N) is 3. The zero-order valence-electron chi connectivity index (χ0n) is 15.6. The minimum absolute atomic E-state index is 0.0210. The van der Waals surface area contributed by atoms with Crippen LogP contribution in [0.25, 0.3) is 5.69 Å². The second-order valence-corrected chi connectivity index (χ2v) is 8.94. The number of thioether (sulfide) groups is 1. The monoisotopic (exact) mass is 536 g/mol. The zero-order valence-corrected chi connectivity index (χ0v) is 19.6. The Kier molecular flexibility index (Phi) is 7.63. The first kappa shape index (κ1) is 21.7. The Balaban J connectivity index is 1.80. The molecule has 1 N–H and O–H groups in total. The van der Waals surface area contributed by atoms with Gasteiger partial charge in [-0.1, -0.05) is 55.8 Å². The first-order valence-electron chi connectivity index (χ1n) is 8.80. The summed E-state index contributed by atoms with van der Waals surface area (Å²) in [5.74, 6) is 0.906. The van der Waals surface area contributed by atoms with Gasteiger partial charge < -0.3 is 5.32 Å². The quantitative estimate of drug-likeness (QED) is 0.339. The molecule has 0 saturated carbocycles. The first-order valence-corrected chi connectivity index (χ1v) is 11.4. The summed E-state index contributed by atoms with van der Waals surface area (Å²) in [5.41, 5.74) is 1.55. The van der Waals surface area contributed by atoms with E-state index in [2.05, 4.69) is 47.4 Å². The number of aromatic nitrogens is 3. The molecule has 1 heterocycles. The minimum atomic E-state index is -0.0885. The smallest absolute Gasteiger partial charge is 0.216 e. The van der Waals surface area contributed by atoms with E-state index in [4.69, 9.17) is 0 Å². The summed E-state index contributed by atoms with van der Waals surface area (Å²) in [6.07, 6.45) is 0.532. The maximum Gasteiger partial charge on any atom is 0.216 e. The van der Waals surface area contributed by atoms with Gasteiger partial charge in [0.2, 0.25) is 5.91 Å². The molecule has 0 bridgehead atoms. The van der Waals surface area contributed by atoms with Gasteiger partial charge in [-0.25, -0.2) is 0 Å². The third-order valence-electron chi connectivity index (χ3n) is 4.01. The Morgan fingerprint density at radius 2 is 1.62 bits per heavy atom. The summed E-state index contributed by atoms with van der Waals surface area (Å²) in [6.45, 7) is 1.95. The average Bonchev–Trinajstić information content (AvgIpc) is 3.10. The first-order chi connectivity index (χ1) is 13.9. The van der Waals surface area contributed by atoms with Gasteiger partial charge in [0, 0.05) is 40.1 Å². The van der Waals surface area contributed by atoms with Crippen molar-refractivity contribution in [3.05, 3.63) is 68.9 Å². The van der Waals surface area contributed by atoms with Crippen LogP contribution in [0, 0.1) is 0 Å². The fourth-order valence-corrected chi connectivity index (χ4v) is 4.00. The van der Waals surface area contributed by atoms with Gasteiger partial charge in [0.1, 0.15) is 5.82 Å². The molecule has 0 spiro atoms. The van der Waals surface area contributed by atoms with Gasteiger partial charge in [-0.05, 0) is 36.4 Å². The zero-order chi connectivity index (χ0) is 20.8. The van der Waals surface area contributed by atoms with Crippen molar-refractivity contribution in [2.24, 2.45) is 0 Å². The van der Waals surface area contributed by atoms with E-state index in [9.17, 15) is 9.59 Å². The normalized spacial score (nSPS) is 10.7. The van der Waals surface area contributed by atoms with Crippen molar-refractivity contribution < 1.29 is 9.59 Å². The molecule has 0 radical (unpaired) electrons. The van der Waals surface area contributed by atoms with E-state index in [1.807, 2.05) is 41.0 Å². The fourth-order valence-electron chi connectivity index (χ4n) is 2.60. The Morgan fingerprint density at radius 3 is 2.24 bits per heavy atom. The van der Waals surface area contributed by atoms with Crippen LogP contribution in [0.1, 0.15) is 23.1 Å². The summed E-state index contributed by atoms with van der Waals surface area (Å²) in [7, 11) is 0. The molecule has 1 aromatic heterocycles. The number of amides is 1. The highest BCUT2D eigenvalue weighted by Crippen LogP contribution is 2.24. The Labute approximate surface area is 189 Å². The summed E-state index contributed by atoms with van der Waals surface area (Å²) < 4.78 is 3.82. The van der Waals surface area contributed by atoms with Crippen molar-refractivity contribution in [1.82, 2.24) is 20.1 Å². The third-order valence-corrected chi connectivity index (χ3v) is 5.99. The highest BCUT2D eigenvalue weighted by molar-refractivity contribution is 9.10. The number of benzene rings is 2. The van der Waals surface area contributed by atoms with Crippen molar-refractivity contribution in [1.29, 1.82) is 0 Å².